The van der Waals surface area contributed by atoms with Gasteiger partial charge in [0.15, 0.2) is 0 Å². The number of ether oxygens (including phenoxy) is 1. The van der Waals surface area contributed by atoms with Crippen molar-refractivity contribution in [3.8, 4) is 0 Å². The SMILES string of the molecule is CCOC(=O)C(C)CC(CC)C(ON)C(C)(C)CS(=O)(=O)[O-].[Na+]. The summed E-state index contributed by atoms with van der Waals surface area (Å²) in [6, 6.07) is 0. The van der Waals surface area contributed by atoms with Gasteiger partial charge in [0, 0.05) is 11.2 Å². The molecule has 0 heterocycles. The normalized spacial score (nSPS) is 16.1. The third-order valence-corrected chi connectivity index (χ3v) is 4.86. The van der Waals surface area contributed by atoms with E-state index < -0.39 is 27.4 Å². The van der Waals surface area contributed by atoms with Crippen molar-refractivity contribution < 1.29 is 56.9 Å². The van der Waals surface area contributed by atoms with Crippen LogP contribution in [0.4, 0.5) is 0 Å². The molecular formula is C14H28NNaO6S. The van der Waals surface area contributed by atoms with E-state index in [9.17, 15) is 17.8 Å². The molecule has 23 heavy (non-hydrogen) atoms. The first kappa shape index (κ1) is 25.5. The number of carbonyl (C=O) groups is 1. The van der Waals surface area contributed by atoms with Crippen molar-refractivity contribution >= 4 is 16.1 Å². The maximum Gasteiger partial charge on any atom is 1.00 e. The van der Waals surface area contributed by atoms with Crippen LogP contribution in [-0.2, 0) is 24.5 Å². The predicted octanol–water partition coefficient (Wildman–Crippen LogP) is -1.56. The third-order valence-electron chi connectivity index (χ3n) is 3.76. The summed E-state index contributed by atoms with van der Waals surface area (Å²) in [7, 11) is -4.41. The fourth-order valence-electron chi connectivity index (χ4n) is 2.81. The van der Waals surface area contributed by atoms with Gasteiger partial charge in [0.25, 0.3) is 0 Å². The van der Waals surface area contributed by atoms with E-state index in [1.165, 1.54) is 0 Å². The van der Waals surface area contributed by atoms with Crippen LogP contribution >= 0.6 is 0 Å². The van der Waals surface area contributed by atoms with Crippen LogP contribution in [0.5, 0.6) is 0 Å². The first-order chi connectivity index (χ1) is 9.98. The Morgan fingerprint density at radius 2 is 1.83 bits per heavy atom. The molecule has 3 atom stereocenters. The summed E-state index contributed by atoms with van der Waals surface area (Å²) in [4.78, 5) is 16.7. The Morgan fingerprint density at radius 1 is 1.30 bits per heavy atom. The molecule has 0 aliphatic heterocycles. The van der Waals surface area contributed by atoms with E-state index >= 15 is 0 Å². The largest absolute Gasteiger partial charge is 1.00 e. The molecule has 9 heteroatoms. The Kier molecular flexibility index (Phi) is 12.2. The molecule has 0 bridgehead atoms. The molecule has 0 saturated heterocycles. The Balaban J connectivity index is 0. The zero-order chi connectivity index (χ0) is 17.6. The summed E-state index contributed by atoms with van der Waals surface area (Å²) in [5.41, 5.74) is -0.954. The van der Waals surface area contributed by atoms with Gasteiger partial charge in [0.05, 0.1) is 28.7 Å². The molecule has 0 fully saturated rings. The van der Waals surface area contributed by atoms with Crippen molar-refractivity contribution in [3.63, 3.8) is 0 Å². The minimum absolute atomic E-state index is 0. The molecule has 132 valence electrons. The quantitative estimate of drug-likeness (QED) is 0.216. The van der Waals surface area contributed by atoms with Crippen molar-refractivity contribution in [1.29, 1.82) is 0 Å². The van der Waals surface area contributed by atoms with Crippen molar-refractivity contribution in [3.05, 3.63) is 0 Å². The van der Waals surface area contributed by atoms with Crippen LogP contribution in [0, 0.1) is 17.3 Å². The van der Waals surface area contributed by atoms with Crippen LogP contribution in [0.3, 0.4) is 0 Å². The maximum atomic E-state index is 11.7. The average molecular weight is 361 g/mol. The topological polar surface area (TPSA) is 119 Å². The molecule has 0 radical (unpaired) electrons. The van der Waals surface area contributed by atoms with Crippen molar-refractivity contribution in [1.82, 2.24) is 0 Å². The standard InChI is InChI=1S/C14H29NO6S.Na/c1-6-11(8-10(3)13(16)20-7-2)12(21-15)14(4,5)9-22(17,18)19;/h10-12H,6-9,15H2,1-5H3,(H,17,18,19);/q;+1/p-1. The minimum atomic E-state index is -4.41. The summed E-state index contributed by atoms with van der Waals surface area (Å²) in [5, 5.41) is 0. The van der Waals surface area contributed by atoms with Gasteiger partial charge in [-0.3, -0.25) is 4.79 Å². The number of hydrogen-bond donors (Lipinski definition) is 1. The number of rotatable bonds is 10. The van der Waals surface area contributed by atoms with E-state index in [0.717, 1.165) is 0 Å². The van der Waals surface area contributed by atoms with Crippen LogP contribution in [-0.4, -0.2) is 37.4 Å². The van der Waals surface area contributed by atoms with Crippen LogP contribution in [0.1, 0.15) is 47.5 Å². The first-order valence-electron chi connectivity index (χ1n) is 7.44. The van der Waals surface area contributed by atoms with Gasteiger partial charge in [0.1, 0.15) is 0 Å². The fourth-order valence-corrected chi connectivity index (χ4v) is 3.89. The predicted molar refractivity (Wildman–Crippen MR) is 81.6 cm³/mol. The molecule has 3 unspecified atom stereocenters. The minimum Gasteiger partial charge on any atom is -0.748 e. The van der Waals surface area contributed by atoms with Gasteiger partial charge < -0.3 is 14.1 Å². The molecule has 0 aromatic rings. The van der Waals surface area contributed by atoms with Gasteiger partial charge in [-0.2, -0.15) is 0 Å². The molecule has 0 aliphatic carbocycles. The molecular weight excluding hydrogens is 333 g/mol. The number of esters is 1. The third kappa shape index (κ3) is 9.38. The van der Waals surface area contributed by atoms with E-state index in [2.05, 4.69) is 0 Å². The van der Waals surface area contributed by atoms with E-state index in [-0.39, 0.29) is 47.4 Å². The Hall–Kier alpha value is 0.300. The van der Waals surface area contributed by atoms with E-state index in [0.29, 0.717) is 19.4 Å². The zero-order valence-electron chi connectivity index (χ0n) is 15.0. The second-order valence-corrected chi connectivity index (χ2v) is 7.71. The van der Waals surface area contributed by atoms with E-state index in [4.69, 9.17) is 15.5 Å². The molecule has 0 aliphatic rings. The van der Waals surface area contributed by atoms with Gasteiger partial charge >= 0.3 is 35.5 Å². The molecule has 0 rings (SSSR count). The van der Waals surface area contributed by atoms with Crippen molar-refractivity contribution in [2.75, 3.05) is 12.4 Å². The van der Waals surface area contributed by atoms with Crippen LogP contribution < -0.4 is 35.5 Å². The Bertz CT molecular complexity index is 454. The maximum absolute atomic E-state index is 11.7. The monoisotopic (exact) mass is 361 g/mol. The molecule has 0 aromatic carbocycles. The molecule has 0 saturated carbocycles. The fraction of sp³-hybridized carbons (Fsp3) is 0.929. The summed E-state index contributed by atoms with van der Waals surface area (Å²) in [6.07, 6.45) is 0.422. The van der Waals surface area contributed by atoms with Gasteiger partial charge in [0.2, 0.25) is 0 Å². The molecule has 0 spiro atoms. The summed E-state index contributed by atoms with van der Waals surface area (Å²) in [5.74, 6) is 3.94. The van der Waals surface area contributed by atoms with Crippen LogP contribution in [0.2, 0.25) is 0 Å². The second-order valence-electron chi connectivity index (χ2n) is 6.30. The molecule has 0 amide bonds. The van der Waals surface area contributed by atoms with Gasteiger partial charge in [-0.15, -0.1) is 0 Å². The average Bonchev–Trinajstić information content (AvgIpc) is 2.35. The summed E-state index contributed by atoms with van der Waals surface area (Å²) < 4.78 is 38.2. The summed E-state index contributed by atoms with van der Waals surface area (Å²) in [6.45, 7) is 8.92. The summed E-state index contributed by atoms with van der Waals surface area (Å²) >= 11 is 0. The Morgan fingerprint density at radius 3 is 2.17 bits per heavy atom. The number of nitrogens with two attached hydrogens (primary N) is 1. The van der Waals surface area contributed by atoms with Crippen molar-refractivity contribution in [2.24, 2.45) is 23.1 Å². The number of carbonyl (C=O) groups excluding carboxylic acids is 1. The van der Waals surface area contributed by atoms with Crippen molar-refractivity contribution in [2.45, 2.75) is 53.6 Å². The van der Waals surface area contributed by atoms with Gasteiger partial charge in [-0.1, -0.05) is 34.1 Å². The smallest absolute Gasteiger partial charge is 0.748 e. The van der Waals surface area contributed by atoms with E-state index in [1.54, 1.807) is 27.7 Å². The Labute approximate surface area is 161 Å². The zero-order valence-corrected chi connectivity index (χ0v) is 17.8. The van der Waals surface area contributed by atoms with Gasteiger partial charge in [-0.25, -0.2) is 14.3 Å². The van der Waals surface area contributed by atoms with Crippen LogP contribution in [0.15, 0.2) is 0 Å². The molecule has 2 N–H and O–H groups in total. The van der Waals surface area contributed by atoms with Gasteiger partial charge in [-0.05, 0) is 19.3 Å². The van der Waals surface area contributed by atoms with Crippen LogP contribution in [0.25, 0.3) is 0 Å². The molecule has 7 nitrogen and oxygen atoms in total. The first-order valence-corrected chi connectivity index (χ1v) is 9.01. The second kappa shape index (κ2) is 11.0. The van der Waals surface area contributed by atoms with E-state index in [1.807, 2.05) is 6.92 Å². The molecule has 0 aromatic heterocycles. The number of hydrogen-bond acceptors (Lipinski definition) is 7.